The third kappa shape index (κ3) is 2.72. The molecular formula is C8H10N2O4S. The molecule has 82 valence electrons. The Morgan fingerprint density at radius 2 is 1.87 bits per heavy atom. The first-order valence-corrected chi connectivity index (χ1v) is 5.96. The summed E-state index contributed by atoms with van der Waals surface area (Å²) in [4.78, 5) is 17.8. The number of sulfone groups is 1. The SMILES string of the molecule is CC(C(=O)O)c1cnc(S(C)(=O)=O)nc1. The minimum atomic E-state index is -3.44. The lowest BCUT2D eigenvalue weighted by Gasteiger charge is -2.05. The van der Waals surface area contributed by atoms with Gasteiger partial charge in [-0.3, -0.25) is 4.79 Å². The smallest absolute Gasteiger partial charge is 0.310 e. The molecule has 1 atom stereocenters. The molecule has 1 rings (SSSR count). The molecule has 1 unspecified atom stereocenters. The number of carboxylic acid groups (broad SMARTS) is 1. The Morgan fingerprint density at radius 3 is 2.20 bits per heavy atom. The summed E-state index contributed by atoms with van der Waals surface area (Å²) in [5, 5.41) is 8.39. The highest BCUT2D eigenvalue weighted by Gasteiger charge is 2.16. The molecule has 0 aliphatic carbocycles. The van der Waals surface area contributed by atoms with E-state index in [-0.39, 0.29) is 5.16 Å². The number of carboxylic acids is 1. The van der Waals surface area contributed by atoms with Crippen molar-refractivity contribution in [2.24, 2.45) is 0 Å². The highest BCUT2D eigenvalue weighted by atomic mass is 32.2. The van der Waals surface area contributed by atoms with Crippen LogP contribution in [0.2, 0.25) is 0 Å². The number of hydrogen-bond donors (Lipinski definition) is 1. The standard InChI is InChI=1S/C8H10N2O4S/c1-5(7(11)12)6-3-9-8(10-4-6)15(2,13)14/h3-5H,1-2H3,(H,11,12). The number of rotatable bonds is 3. The average Bonchev–Trinajstić information content (AvgIpc) is 2.15. The largest absolute Gasteiger partial charge is 0.481 e. The molecule has 0 saturated heterocycles. The van der Waals surface area contributed by atoms with Crippen LogP contribution in [0.1, 0.15) is 18.4 Å². The Bertz CT molecular complexity index is 466. The van der Waals surface area contributed by atoms with E-state index in [1.165, 1.54) is 19.3 Å². The van der Waals surface area contributed by atoms with Crippen molar-refractivity contribution in [1.29, 1.82) is 0 Å². The minimum Gasteiger partial charge on any atom is -0.481 e. The summed E-state index contributed by atoms with van der Waals surface area (Å²) >= 11 is 0. The summed E-state index contributed by atoms with van der Waals surface area (Å²) in [6.45, 7) is 1.47. The van der Waals surface area contributed by atoms with E-state index < -0.39 is 21.7 Å². The minimum absolute atomic E-state index is 0.302. The topological polar surface area (TPSA) is 97.2 Å². The molecule has 1 aromatic rings. The van der Waals surface area contributed by atoms with E-state index in [4.69, 9.17) is 5.11 Å². The van der Waals surface area contributed by atoms with E-state index in [9.17, 15) is 13.2 Å². The van der Waals surface area contributed by atoms with Gasteiger partial charge < -0.3 is 5.11 Å². The van der Waals surface area contributed by atoms with Crippen molar-refractivity contribution < 1.29 is 18.3 Å². The van der Waals surface area contributed by atoms with Crippen LogP contribution in [0.15, 0.2) is 17.6 Å². The number of aromatic nitrogens is 2. The lowest BCUT2D eigenvalue weighted by atomic mass is 10.1. The van der Waals surface area contributed by atoms with Crippen molar-refractivity contribution >= 4 is 15.8 Å². The summed E-state index contributed by atoms with van der Waals surface area (Å²) in [7, 11) is -3.44. The van der Waals surface area contributed by atoms with Crippen LogP contribution in [-0.4, -0.2) is 35.7 Å². The van der Waals surface area contributed by atoms with Crippen molar-refractivity contribution in [2.45, 2.75) is 18.0 Å². The Morgan fingerprint density at radius 1 is 1.40 bits per heavy atom. The summed E-state index contributed by atoms with van der Waals surface area (Å²) in [5.74, 6) is -1.76. The molecule has 0 aliphatic heterocycles. The van der Waals surface area contributed by atoms with Gasteiger partial charge in [-0.1, -0.05) is 0 Å². The fraction of sp³-hybridized carbons (Fsp3) is 0.375. The van der Waals surface area contributed by atoms with Gasteiger partial charge in [0.25, 0.3) is 0 Å². The second-order valence-corrected chi connectivity index (χ2v) is 5.04. The van der Waals surface area contributed by atoms with Crippen molar-refractivity contribution in [3.05, 3.63) is 18.0 Å². The third-order valence-electron chi connectivity index (χ3n) is 1.85. The molecule has 0 aliphatic rings. The quantitative estimate of drug-likeness (QED) is 0.738. The van der Waals surface area contributed by atoms with Gasteiger partial charge in [0.2, 0.25) is 15.0 Å². The Balaban J connectivity index is 3.06. The van der Waals surface area contributed by atoms with Crippen molar-refractivity contribution in [3.8, 4) is 0 Å². The molecule has 0 fully saturated rings. The van der Waals surface area contributed by atoms with Gasteiger partial charge in [-0.05, 0) is 6.92 Å². The summed E-state index contributed by atoms with van der Waals surface area (Å²) in [6, 6.07) is 0. The maximum atomic E-state index is 11.0. The number of nitrogens with zero attached hydrogens (tertiary/aromatic N) is 2. The fourth-order valence-electron chi connectivity index (χ4n) is 0.884. The van der Waals surface area contributed by atoms with Gasteiger partial charge in [0.05, 0.1) is 5.92 Å². The molecule has 0 spiro atoms. The molecular weight excluding hydrogens is 220 g/mol. The molecule has 0 saturated carbocycles. The van der Waals surface area contributed by atoms with E-state index in [1.54, 1.807) is 0 Å². The summed E-state index contributed by atoms with van der Waals surface area (Å²) in [5.41, 5.74) is 0.370. The van der Waals surface area contributed by atoms with Gasteiger partial charge in [-0.15, -0.1) is 0 Å². The molecule has 6 nitrogen and oxygen atoms in total. The zero-order valence-electron chi connectivity index (χ0n) is 8.21. The molecule has 7 heteroatoms. The van der Waals surface area contributed by atoms with Gasteiger partial charge in [0.15, 0.2) is 0 Å². The molecule has 0 amide bonds. The van der Waals surface area contributed by atoms with Gasteiger partial charge in [-0.25, -0.2) is 18.4 Å². The maximum Gasteiger partial charge on any atom is 0.310 e. The molecule has 1 heterocycles. The first-order chi connectivity index (χ1) is 6.82. The number of hydrogen-bond acceptors (Lipinski definition) is 5. The van der Waals surface area contributed by atoms with Gasteiger partial charge in [0.1, 0.15) is 0 Å². The predicted octanol–water partition coefficient (Wildman–Crippen LogP) is 0.0682. The predicted molar refractivity (Wildman–Crippen MR) is 51.2 cm³/mol. The van der Waals surface area contributed by atoms with Crippen LogP contribution >= 0.6 is 0 Å². The number of aliphatic carboxylic acids is 1. The van der Waals surface area contributed by atoms with Crippen LogP contribution < -0.4 is 0 Å². The molecule has 0 bridgehead atoms. The van der Waals surface area contributed by atoms with Crippen LogP contribution in [0.25, 0.3) is 0 Å². The van der Waals surface area contributed by atoms with Gasteiger partial charge in [0, 0.05) is 24.2 Å². The monoisotopic (exact) mass is 230 g/mol. The fourth-order valence-corrected chi connectivity index (χ4v) is 1.37. The molecule has 1 aromatic heterocycles. The van der Waals surface area contributed by atoms with E-state index in [2.05, 4.69) is 9.97 Å². The van der Waals surface area contributed by atoms with Gasteiger partial charge >= 0.3 is 5.97 Å². The second-order valence-electron chi connectivity index (χ2n) is 3.13. The normalized spacial score (nSPS) is 13.5. The first kappa shape index (κ1) is 11.6. The Labute approximate surface area is 86.9 Å². The van der Waals surface area contributed by atoms with Crippen LogP contribution in [0.4, 0.5) is 0 Å². The first-order valence-electron chi connectivity index (χ1n) is 4.07. The maximum absolute atomic E-state index is 11.0. The average molecular weight is 230 g/mol. The lowest BCUT2D eigenvalue weighted by Crippen LogP contribution is -2.10. The Kier molecular flexibility index (Phi) is 3.04. The van der Waals surface area contributed by atoms with Crippen LogP contribution in [-0.2, 0) is 14.6 Å². The van der Waals surface area contributed by atoms with Crippen molar-refractivity contribution in [1.82, 2.24) is 9.97 Å². The highest BCUT2D eigenvalue weighted by Crippen LogP contribution is 2.13. The van der Waals surface area contributed by atoms with Crippen molar-refractivity contribution in [3.63, 3.8) is 0 Å². The second kappa shape index (κ2) is 3.93. The van der Waals surface area contributed by atoms with E-state index in [0.717, 1.165) is 6.26 Å². The Hall–Kier alpha value is -1.50. The summed E-state index contributed by atoms with van der Waals surface area (Å²) < 4.78 is 22.0. The zero-order valence-corrected chi connectivity index (χ0v) is 9.02. The van der Waals surface area contributed by atoms with Crippen molar-refractivity contribution in [2.75, 3.05) is 6.26 Å². The third-order valence-corrected chi connectivity index (χ3v) is 2.72. The number of carbonyl (C=O) groups is 1. The molecule has 0 aromatic carbocycles. The van der Waals surface area contributed by atoms with Crippen LogP contribution in [0.5, 0.6) is 0 Å². The molecule has 15 heavy (non-hydrogen) atoms. The van der Waals surface area contributed by atoms with Crippen LogP contribution in [0.3, 0.4) is 0 Å². The molecule has 1 N–H and O–H groups in total. The zero-order chi connectivity index (χ0) is 11.6. The van der Waals surface area contributed by atoms with Crippen LogP contribution in [0, 0.1) is 0 Å². The van der Waals surface area contributed by atoms with E-state index in [1.807, 2.05) is 0 Å². The van der Waals surface area contributed by atoms with E-state index >= 15 is 0 Å². The summed E-state index contributed by atoms with van der Waals surface area (Å²) in [6.07, 6.45) is 3.41. The lowest BCUT2D eigenvalue weighted by molar-refractivity contribution is -0.138. The highest BCUT2D eigenvalue weighted by molar-refractivity contribution is 7.90. The van der Waals surface area contributed by atoms with E-state index in [0.29, 0.717) is 5.56 Å². The van der Waals surface area contributed by atoms with Gasteiger partial charge in [-0.2, -0.15) is 0 Å². The molecule has 0 radical (unpaired) electrons.